The van der Waals surface area contributed by atoms with Crippen molar-refractivity contribution in [3.05, 3.63) is 53.6 Å². The zero-order valence-electron chi connectivity index (χ0n) is 9.91. The highest BCUT2D eigenvalue weighted by molar-refractivity contribution is 5.54. The molecule has 5 nitrogen and oxygen atoms in total. The Morgan fingerprint density at radius 3 is 2.00 bits per heavy atom. The molecule has 0 fully saturated rings. The van der Waals surface area contributed by atoms with Crippen LogP contribution in [0, 0.1) is 22.7 Å². The van der Waals surface area contributed by atoms with Gasteiger partial charge in [-0.1, -0.05) is 0 Å². The number of azo groups is 1. The van der Waals surface area contributed by atoms with Crippen LogP contribution in [0.3, 0.4) is 0 Å². The summed E-state index contributed by atoms with van der Waals surface area (Å²) in [5, 5.41) is 25.7. The summed E-state index contributed by atoms with van der Waals surface area (Å²) in [5.41, 5.74) is 8.02. The van der Waals surface area contributed by atoms with Crippen molar-refractivity contribution < 1.29 is 0 Å². The highest BCUT2D eigenvalue weighted by Crippen LogP contribution is 2.21. The topological polar surface area (TPSA) is 98.3 Å². The molecule has 0 aromatic heterocycles. The standard InChI is InChI=1S/C14H9N5/c15-8-10-1-4-14(7-11(10)9-16)19-18-13-5-2-12(17)3-6-13/h1-7H,17H2. The SMILES string of the molecule is N#Cc1ccc(N=Nc2ccc(N)cc2)cc1C#N. The Bertz CT molecular complexity index is 702. The van der Waals surface area contributed by atoms with Crippen LogP contribution in [0.1, 0.15) is 11.1 Å². The van der Waals surface area contributed by atoms with Gasteiger partial charge in [0.15, 0.2) is 0 Å². The fourth-order valence-electron chi connectivity index (χ4n) is 1.44. The largest absolute Gasteiger partial charge is 0.399 e. The number of nitriles is 2. The van der Waals surface area contributed by atoms with Crippen molar-refractivity contribution in [2.24, 2.45) is 10.2 Å². The molecule has 2 N–H and O–H groups in total. The molecular formula is C14H9N5. The van der Waals surface area contributed by atoms with E-state index in [-0.39, 0.29) is 5.56 Å². The van der Waals surface area contributed by atoms with E-state index in [4.69, 9.17) is 16.3 Å². The number of hydrogen-bond donors (Lipinski definition) is 1. The monoisotopic (exact) mass is 247 g/mol. The molecule has 0 heterocycles. The highest BCUT2D eigenvalue weighted by Gasteiger charge is 2.02. The molecule has 0 saturated heterocycles. The van der Waals surface area contributed by atoms with Gasteiger partial charge < -0.3 is 5.73 Å². The molecule has 2 aromatic carbocycles. The maximum atomic E-state index is 8.90. The van der Waals surface area contributed by atoms with E-state index in [9.17, 15) is 0 Å². The van der Waals surface area contributed by atoms with Gasteiger partial charge in [-0.05, 0) is 42.5 Å². The van der Waals surface area contributed by atoms with Gasteiger partial charge in [0, 0.05) is 5.69 Å². The van der Waals surface area contributed by atoms with E-state index >= 15 is 0 Å². The lowest BCUT2D eigenvalue weighted by atomic mass is 10.1. The van der Waals surface area contributed by atoms with Gasteiger partial charge in [-0.2, -0.15) is 20.8 Å². The summed E-state index contributed by atoms with van der Waals surface area (Å²) >= 11 is 0. The fourth-order valence-corrected chi connectivity index (χ4v) is 1.44. The first-order valence-electron chi connectivity index (χ1n) is 5.44. The Balaban J connectivity index is 2.27. The van der Waals surface area contributed by atoms with Crippen LogP contribution in [-0.4, -0.2) is 0 Å². The zero-order valence-corrected chi connectivity index (χ0v) is 9.91. The lowest BCUT2D eigenvalue weighted by Gasteiger charge is -1.97. The smallest absolute Gasteiger partial charge is 0.101 e. The van der Waals surface area contributed by atoms with Crippen molar-refractivity contribution in [3.63, 3.8) is 0 Å². The molecular weight excluding hydrogens is 238 g/mol. The van der Waals surface area contributed by atoms with E-state index in [1.807, 2.05) is 12.1 Å². The van der Waals surface area contributed by atoms with E-state index in [0.29, 0.717) is 22.6 Å². The minimum Gasteiger partial charge on any atom is -0.399 e. The van der Waals surface area contributed by atoms with Crippen molar-refractivity contribution in [2.75, 3.05) is 5.73 Å². The predicted octanol–water partition coefficient (Wildman–Crippen LogP) is 3.43. The zero-order chi connectivity index (χ0) is 13.7. The van der Waals surface area contributed by atoms with Crippen LogP contribution in [0.4, 0.5) is 17.1 Å². The predicted molar refractivity (Wildman–Crippen MR) is 70.9 cm³/mol. The van der Waals surface area contributed by atoms with Gasteiger partial charge in [0.25, 0.3) is 0 Å². The lowest BCUT2D eigenvalue weighted by Crippen LogP contribution is -1.82. The third kappa shape index (κ3) is 2.93. The number of nitrogens with zero attached hydrogens (tertiary/aromatic N) is 4. The van der Waals surface area contributed by atoms with Crippen molar-refractivity contribution >= 4 is 17.1 Å². The van der Waals surface area contributed by atoms with Gasteiger partial charge in [-0.25, -0.2) is 0 Å². The maximum absolute atomic E-state index is 8.90. The molecule has 0 atom stereocenters. The molecule has 0 saturated carbocycles. The number of nitrogens with two attached hydrogens (primary N) is 1. The van der Waals surface area contributed by atoms with Gasteiger partial charge >= 0.3 is 0 Å². The molecule has 2 aromatic rings. The number of anilines is 1. The minimum atomic E-state index is 0.288. The lowest BCUT2D eigenvalue weighted by molar-refractivity contribution is 1.23. The first kappa shape index (κ1) is 12.3. The first-order chi connectivity index (χ1) is 9.22. The quantitative estimate of drug-likeness (QED) is 0.650. The molecule has 0 unspecified atom stereocenters. The van der Waals surface area contributed by atoms with E-state index in [1.54, 1.807) is 36.4 Å². The van der Waals surface area contributed by atoms with Crippen molar-refractivity contribution in [1.82, 2.24) is 0 Å². The molecule has 0 spiro atoms. The molecule has 0 aliphatic carbocycles. The fraction of sp³-hybridized carbons (Fsp3) is 0. The minimum absolute atomic E-state index is 0.288. The summed E-state index contributed by atoms with van der Waals surface area (Å²) in [7, 11) is 0. The van der Waals surface area contributed by atoms with Crippen molar-refractivity contribution in [1.29, 1.82) is 10.5 Å². The van der Waals surface area contributed by atoms with Gasteiger partial charge in [-0.3, -0.25) is 0 Å². The van der Waals surface area contributed by atoms with Gasteiger partial charge in [0.05, 0.1) is 22.5 Å². The van der Waals surface area contributed by atoms with Crippen LogP contribution in [0.2, 0.25) is 0 Å². The van der Waals surface area contributed by atoms with Crippen LogP contribution >= 0.6 is 0 Å². The Labute approximate surface area is 110 Å². The van der Waals surface area contributed by atoms with E-state index in [1.165, 1.54) is 6.07 Å². The van der Waals surface area contributed by atoms with E-state index < -0.39 is 0 Å². The molecule has 19 heavy (non-hydrogen) atoms. The van der Waals surface area contributed by atoms with Crippen LogP contribution < -0.4 is 5.73 Å². The Kier molecular flexibility index (Phi) is 3.51. The summed E-state index contributed by atoms with van der Waals surface area (Å²) in [6.45, 7) is 0. The second-order valence-corrected chi connectivity index (χ2v) is 3.75. The number of benzene rings is 2. The van der Waals surface area contributed by atoms with Crippen LogP contribution in [-0.2, 0) is 0 Å². The Morgan fingerprint density at radius 2 is 1.37 bits per heavy atom. The van der Waals surface area contributed by atoms with Crippen LogP contribution in [0.25, 0.3) is 0 Å². The summed E-state index contributed by atoms with van der Waals surface area (Å²) in [5.74, 6) is 0. The van der Waals surface area contributed by atoms with Crippen molar-refractivity contribution in [3.8, 4) is 12.1 Å². The normalized spacial score (nSPS) is 10.0. The van der Waals surface area contributed by atoms with Gasteiger partial charge in [0.2, 0.25) is 0 Å². The summed E-state index contributed by atoms with van der Waals surface area (Å²) in [4.78, 5) is 0. The van der Waals surface area contributed by atoms with E-state index in [2.05, 4.69) is 10.2 Å². The number of rotatable bonds is 2. The molecule has 0 amide bonds. The average Bonchev–Trinajstić information content (AvgIpc) is 2.46. The number of hydrogen-bond acceptors (Lipinski definition) is 5. The van der Waals surface area contributed by atoms with Gasteiger partial charge in [-0.15, -0.1) is 0 Å². The summed E-state index contributed by atoms with van der Waals surface area (Å²) in [6, 6.07) is 15.6. The molecule has 0 bridgehead atoms. The van der Waals surface area contributed by atoms with E-state index in [0.717, 1.165) is 0 Å². The number of nitrogen functional groups attached to an aromatic ring is 1. The maximum Gasteiger partial charge on any atom is 0.101 e. The molecule has 5 heteroatoms. The summed E-state index contributed by atoms with van der Waals surface area (Å²) < 4.78 is 0. The van der Waals surface area contributed by atoms with Crippen molar-refractivity contribution in [2.45, 2.75) is 0 Å². The third-order valence-corrected chi connectivity index (χ3v) is 2.42. The molecule has 0 aliphatic heterocycles. The second-order valence-electron chi connectivity index (χ2n) is 3.75. The van der Waals surface area contributed by atoms with Gasteiger partial charge in [0.1, 0.15) is 12.1 Å². The summed E-state index contributed by atoms with van der Waals surface area (Å²) in [6.07, 6.45) is 0. The molecule has 0 aliphatic rings. The van der Waals surface area contributed by atoms with Crippen LogP contribution in [0.15, 0.2) is 52.7 Å². The van der Waals surface area contributed by atoms with Crippen LogP contribution in [0.5, 0.6) is 0 Å². The molecule has 2 rings (SSSR count). The first-order valence-corrected chi connectivity index (χ1v) is 5.44. The second kappa shape index (κ2) is 5.44. The average molecular weight is 247 g/mol. The third-order valence-electron chi connectivity index (χ3n) is 2.42. The Morgan fingerprint density at radius 1 is 0.789 bits per heavy atom. The molecule has 90 valence electrons. The highest BCUT2D eigenvalue weighted by atomic mass is 15.1. The Hall–Kier alpha value is -3.18. The molecule has 0 radical (unpaired) electrons.